The first kappa shape index (κ1) is 14.4. The third kappa shape index (κ3) is 7.37. The Morgan fingerprint density at radius 3 is 2.40 bits per heavy atom. The highest BCUT2D eigenvalue weighted by atomic mass is 16.2. The highest BCUT2D eigenvalue weighted by molar-refractivity contribution is 5.81. The van der Waals surface area contributed by atoms with E-state index in [1.54, 1.807) is 0 Å². The van der Waals surface area contributed by atoms with Crippen molar-refractivity contribution in [2.24, 2.45) is 11.7 Å². The van der Waals surface area contributed by atoms with Crippen LogP contribution in [0, 0.1) is 5.92 Å². The summed E-state index contributed by atoms with van der Waals surface area (Å²) in [6.07, 6.45) is 4.11. The molecule has 3 N–H and O–H groups in total. The summed E-state index contributed by atoms with van der Waals surface area (Å²) < 4.78 is 0. The van der Waals surface area contributed by atoms with Crippen molar-refractivity contribution in [3.05, 3.63) is 0 Å². The monoisotopic (exact) mass is 214 g/mol. The van der Waals surface area contributed by atoms with Crippen molar-refractivity contribution in [2.45, 2.75) is 65.5 Å². The van der Waals surface area contributed by atoms with E-state index in [1.165, 1.54) is 0 Å². The third-order valence-electron chi connectivity index (χ3n) is 2.44. The molecule has 0 aliphatic heterocycles. The molecule has 15 heavy (non-hydrogen) atoms. The Morgan fingerprint density at radius 1 is 1.33 bits per heavy atom. The number of carbonyl (C=O) groups is 1. The Hall–Kier alpha value is -0.570. The molecule has 0 aromatic rings. The Bertz CT molecular complexity index is 180. The van der Waals surface area contributed by atoms with Crippen molar-refractivity contribution in [3.8, 4) is 0 Å². The molecule has 2 atom stereocenters. The van der Waals surface area contributed by atoms with Crippen LogP contribution in [0.4, 0.5) is 0 Å². The van der Waals surface area contributed by atoms with Gasteiger partial charge in [0.1, 0.15) is 0 Å². The lowest BCUT2D eigenvalue weighted by molar-refractivity contribution is -0.123. The fourth-order valence-electron chi connectivity index (χ4n) is 1.55. The lowest BCUT2D eigenvalue weighted by Crippen LogP contribution is -2.44. The van der Waals surface area contributed by atoms with Gasteiger partial charge in [-0.2, -0.15) is 0 Å². The lowest BCUT2D eigenvalue weighted by Gasteiger charge is -2.18. The number of carbonyl (C=O) groups excluding carboxylic acids is 1. The molecule has 3 nitrogen and oxygen atoms in total. The van der Waals surface area contributed by atoms with Crippen LogP contribution in [0.25, 0.3) is 0 Å². The average Bonchev–Trinajstić information content (AvgIpc) is 2.13. The maximum Gasteiger partial charge on any atom is 0.237 e. The summed E-state index contributed by atoms with van der Waals surface area (Å²) in [6.45, 7) is 8.34. The number of hydrogen-bond donors (Lipinski definition) is 2. The molecular weight excluding hydrogens is 188 g/mol. The first-order chi connectivity index (χ1) is 6.97. The van der Waals surface area contributed by atoms with E-state index in [2.05, 4.69) is 26.1 Å². The van der Waals surface area contributed by atoms with E-state index in [4.69, 9.17) is 5.73 Å². The molecule has 0 radical (unpaired) electrons. The number of nitrogens with two attached hydrogens (primary N) is 1. The maximum absolute atomic E-state index is 11.6. The smallest absolute Gasteiger partial charge is 0.237 e. The molecule has 0 aliphatic carbocycles. The van der Waals surface area contributed by atoms with Gasteiger partial charge in [0.15, 0.2) is 0 Å². The van der Waals surface area contributed by atoms with Crippen molar-refractivity contribution in [2.75, 3.05) is 0 Å². The molecule has 0 fully saturated rings. The summed E-state index contributed by atoms with van der Waals surface area (Å²) in [4.78, 5) is 11.6. The number of rotatable bonds is 7. The Kier molecular flexibility index (Phi) is 7.39. The number of nitrogens with one attached hydrogen (secondary N) is 1. The van der Waals surface area contributed by atoms with E-state index in [-0.39, 0.29) is 18.0 Å². The number of unbranched alkanes of at least 4 members (excludes halogenated alkanes) is 1. The molecule has 1 unspecified atom stereocenters. The van der Waals surface area contributed by atoms with Crippen LogP contribution in [0.5, 0.6) is 0 Å². The van der Waals surface area contributed by atoms with Gasteiger partial charge in [0.25, 0.3) is 0 Å². The molecule has 0 aromatic heterocycles. The molecule has 0 aromatic carbocycles. The predicted octanol–water partition coefficient (Wildman–Crippen LogP) is 2.05. The van der Waals surface area contributed by atoms with E-state index in [9.17, 15) is 4.79 Å². The van der Waals surface area contributed by atoms with Crippen LogP contribution < -0.4 is 11.1 Å². The number of amides is 1. The molecule has 0 spiro atoms. The first-order valence-electron chi connectivity index (χ1n) is 6.03. The summed E-state index contributed by atoms with van der Waals surface area (Å²) in [7, 11) is 0. The van der Waals surface area contributed by atoms with E-state index < -0.39 is 0 Å². The zero-order valence-electron chi connectivity index (χ0n) is 10.5. The zero-order chi connectivity index (χ0) is 11.8. The quantitative estimate of drug-likeness (QED) is 0.681. The zero-order valence-corrected chi connectivity index (χ0v) is 10.5. The van der Waals surface area contributed by atoms with Gasteiger partial charge in [-0.05, 0) is 25.7 Å². The van der Waals surface area contributed by atoms with Crippen molar-refractivity contribution >= 4 is 5.91 Å². The second kappa shape index (κ2) is 7.69. The van der Waals surface area contributed by atoms with Gasteiger partial charge in [-0.15, -0.1) is 0 Å². The SMILES string of the molecule is CCCCC(C)NC(=O)[C@@H](N)CC(C)C. The van der Waals surface area contributed by atoms with Gasteiger partial charge in [0, 0.05) is 6.04 Å². The topological polar surface area (TPSA) is 55.1 Å². The van der Waals surface area contributed by atoms with E-state index in [0.717, 1.165) is 25.7 Å². The average molecular weight is 214 g/mol. The fraction of sp³-hybridized carbons (Fsp3) is 0.917. The van der Waals surface area contributed by atoms with E-state index in [1.807, 2.05) is 6.92 Å². The van der Waals surface area contributed by atoms with Crippen LogP contribution in [0.3, 0.4) is 0 Å². The van der Waals surface area contributed by atoms with Gasteiger partial charge in [-0.3, -0.25) is 4.79 Å². The molecule has 0 rings (SSSR count). The van der Waals surface area contributed by atoms with Crippen LogP contribution in [0.15, 0.2) is 0 Å². The normalized spacial score (nSPS) is 15.1. The molecule has 90 valence electrons. The molecule has 0 saturated carbocycles. The Labute approximate surface area is 93.8 Å². The highest BCUT2D eigenvalue weighted by Crippen LogP contribution is 2.04. The Balaban J connectivity index is 3.80. The van der Waals surface area contributed by atoms with Crippen LogP contribution in [0.2, 0.25) is 0 Å². The van der Waals surface area contributed by atoms with Crippen molar-refractivity contribution < 1.29 is 4.79 Å². The van der Waals surface area contributed by atoms with Gasteiger partial charge in [-0.1, -0.05) is 33.6 Å². The second-order valence-electron chi connectivity index (χ2n) is 4.79. The third-order valence-corrected chi connectivity index (χ3v) is 2.44. The van der Waals surface area contributed by atoms with Gasteiger partial charge in [0.2, 0.25) is 5.91 Å². The first-order valence-corrected chi connectivity index (χ1v) is 6.03. The summed E-state index contributed by atoms with van der Waals surface area (Å²) in [5.74, 6) is 0.462. The standard InChI is InChI=1S/C12H26N2O/c1-5-6-7-10(4)14-12(15)11(13)8-9(2)3/h9-11H,5-8,13H2,1-4H3,(H,14,15)/t10?,11-/m0/s1. The summed E-state index contributed by atoms with van der Waals surface area (Å²) in [5, 5.41) is 2.96. The largest absolute Gasteiger partial charge is 0.352 e. The fourth-order valence-corrected chi connectivity index (χ4v) is 1.55. The highest BCUT2D eigenvalue weighted by Gasteiger charge is 2.16. The van der Waals surface area contributed by atoms with Gasteiger partial charge in [0.05, 0.1) is 6.04 Å². The van der Waals surface area contributed by atoms with Crippen molar-refractivity contribution in [1.29, 1.82) is 0 Å². The van der Waals surface area contributed by atoms with Crippen LogP contribution in [-0.4, -0.2) is 18.0 Å². The minimum Gasteiger partial charge on any atom is -0.352 e. The molecule has 0 saturated heterocycles. The Morgan fingerprint density at radius 2 is 1.93 bits per heavy atom. The van der Waals surface area contributed by atoms with Crippen LogP contribution in [0.1, 0.15) is 53.4 Å². The maximum atomic E-state index is 11.6. The minimum atomic E-state index is -0.353. The molecule has 0 bridgehead atoms. The summed E-state index contributed by atoms with van der Waals surface area (Å²) in [5.41, 5.74) is 5.78. The number of hydrogen-bond acceptors (Lipinski definition) is 2. The van der Waals surface area contributed by atoms with Crippen molar-refractivity contribution in [1.82, 2.24) is 5.32 Å². The van der Waals surface area contributed by atoms with Crippen LogP contribution in [-0.2, 0) is 4.79 Å². The van der Waals surface area contributed by atoms with Gasteiger partial charge < -0.3 is 11.1 Å². The second-order valence-corrected chi connectivity index (χ2v) is 4.79. The van der Waals surface area contributed by atoms with Gasteiger partial charge in [-0.25, -0.2) is 0 Å². The molecule has 3 heteroatoms. The minimum absolute atomic E-state index is 0.00713. The summed E-state index contributed by atoms with van der Waals surface area (Å²) in [6, 6.07) is -0.107. The molecule has 0 aliphatic rings. The van der Waals surface area contributed by atoms with Gasteiger partial charge >= 0.3 is 0 Å². The summed E-state index contributed by atoms with van der Waals surface area (Å²) >= 11 is 0. The van der Waals surface area contributed by atoms with Crippen molar-refractivity contribution in [3.63, 3.8) is 0 Å². The predicted molar refractivity (Wildman–Crippen MR) is 64.6 cm³/mol. The molecule has 0 heterocycles. The van der Waals surface area contributed by atoms with E-state index >= 15 is 0 Å². The van der Waals surface area contributed by atoms with Crippen LogP contribution >= 0.6 is 0 Å². The lowest BCUT2D eigenvalue weighted by atomic mass is 10.0. The van der Waals surface area contributed by atoms with E-state index in [0.29, 0.717) is 5.92 Å². The molecule has 1 amide bonds. The molecular formula is C12H26N2O.